The SMILES string of the molecule is COc1ccccc1C1CCN(C(=O)CCCC(=O)O)CC1. The van der Waals surface area contributed by atoms with Crippen molar-refractivity contribution in [1.82, 2.24) is 4.90 Å². The van der Waals surface area contributed by atoms with Gasteiger partial charge in [-0.25, -0.2) is 0 Å². The number of methoxy groups -OCH3 is 1. The van der Waals surface area contributed by atoms with E-state index in [1.54, 1.807) is 7.11 Å². The monoisotopic (exact) mass is 305 g/mol. The Morgan fingerprint density at radius 1 is 1.23 bits per heavy atom. The quantitative estimate of drug-likeness (QED) is 0.877. The molecule has 1 fully saturated rings. The standard InChI is InChI=1S/C17H23NO4/c1-22-15-6-3-2-5-14(15)13-9-11-18(12-10-13)16(19)7-4-8-17(20)21/h2-3,5-6,13H,4,7-12H2,1H3,(H,20,21). The van der Waals surface area contributed by atoms with Crippen molar-refractivity contribution >= 4 is 11.9 Å². The Morgan fingerprint density at radius 3 is 2.55 bits per heavy atom. The fourth-order valence-corrected chi connectivity index (χ4v) is 2.99. The van der Waals surface area contributed by atoms with Crippen molar-refractivity contribution in [1.29, 1.82) is 0 Å². The lowest BCUT2D eigenvalue weighted by molar-refractivity contribution is -0.137. The van der Waals surface area contributed by atoms with Gasteiger partial charge in [-0.3, -0.25) is 9.59 Å². The molecule has 1 heterocycles. The number of amides is 1. The molecule has 0 unspecified atom stereocenters. The van der Waals surface area contributed by atoms with Gasteiger partial charge >= 0.3 is 5.97 Å². The van der Waals surface area contributed by atoms with Crippen LogP contribution in [0.2, 0.25) is 0 Å². The molecule has 120 valence electrons. The summed E-state index contributed by atoms with van der Waals surface area (Å²) in [5.74, 6) is 0.551. The van der Waals surface area contributed by atoms with E-state index in [0.717, 1.165) is 31.7 Å². The minimum Gasteiger partial charge on any atom is -0.496 e. The highest BCUT2D eigenvalue weighted by molar-refractivity contribution is 5.77. The summed E-state index contributed by atoms with van der Waals surface area (Å²) in [4.78, 5) is 24.4. The summed E-state index contributed by atoms with van der Waals surface area (Å²) < 4.78 is 5.41. The van der Waals surface area contributed by atoms with Gasteiger partial charge in [0.2, 0.25) is 5.91 Å². The smallest absolute Gasteiger partial charge is 0.303 e. The molecule has 5 nitrogen and oxygen atoms in total. The number of carbonyl (C=O) groups is 2. The Hall–Kier alpha value is -2.04. The zero-order valence-corrected chi connectivity index (χ0v) is 13.0. The van der Waals surface area contributed by atoms with Crippen molar-refractivity contribution in [2.75, 3.05) is 20.2 Å². The van der Waals surface area contributed by atoms with E-state index in [1.807, 2.05) is 23.1 Å². The number of aliphatic carboxylic acids is 1. The molecule has 1 saturated heterocycles. The second-order valence-electron chi connectivity index (χ2n) is 5.64. The summed E-state index contributed by atoms with van der Waals surface area (Å²) in [5, 5.41) is 8.61. The number of likely N-dealkylation sites (tertiary alicyclic amines) is 1. The maximum absolute atomic E-state index is 12.1. The third-order valence-electron chi connectivity index (χ3n) is 4.21. The molecule has 0 spiro atoms. The van der Waals surface area contributed by atoms with E-state index in [9.17, 15) is 9.59 Å². The number of carbonyl (C=O) groups excluding carboxylic acids is 1. The van der Waals surface area contributed by atoms with Gasteiger partial charge in [0.05, 0.1) is 7.11 Å². The van der Waals surface area contributed by atoms with E-state index in [1.165, 1.54) is 5.56 Å². The van der Waals surface area contributed by atoms with Crippen LogP contribution in [0.15, 0.2) is 24.3 Å². The van der Waals surface area contributed by atoms with Crippen LogP contribution in [0.1, 0.15) is 43.6 Å². The van der Waals surface area contributed by atoms with Gasteiger partial charge in [-0.1, -0.05) is 18.2 Å². The van der Waals surface area contributed by atoms with Crippen LogP contribution in [0.4, 0.5) is 0 Å². The van der Waals surface area contributed by atoms with Crippen molar-refractivity contribution in [3.05, 3.63) is 29.8 Å². The van der Waals surface area contributed by atoms with Gasteiger partial charge in [0, 0.05) is 25.9 Å². The molecule has 0 aromatic heterocycles. The van der Waals surface area contributed by atoms with Crippen molar-refractivity contribution < 1.29 is 19.4 Å². The number of piperidine rings is 1. The molecule has 1 aromatic rings. The zero-order valence-electron chi connectivity index (χ0n) is 13.0. The number of ether oxygens (including phenoxy) is 1. The van der Waals surface area contributed by atoms with Gasteiger partial charge in [0.25, 0.3) is 0 Å². The molecule has 0 atom stereocenters. The van der Waals surface area contributed by atoms with E-state index < -0.39 is 5.97 Å². The van der Waals surface area contributed by atoms with Gasteiger partial charge in [-0.2, -0.15) is 0 Å². The molecule has 0 aliphatic carbocycles. The predicted molar refractivity (Wildman–Crippen MR) is 83.0 cm³/mol. The van der Waals surface area contributed by atoms with Gasteiger partial charge < -0.3 is 14.7 Å². The lowest BCUT2D eigenvalue weighted by atomic mass is 9.88. The first-order chi connectivity index (χ1) is 10.6. The van der Waals surface area contributed by atoms with Crippen LogP contribution in [0.5, 0.6) is 5.75 Å². The number of carboxylic acid groups (broad SMARTS) is 1. The van der Waals surface area contributed by atoms with Crippen LogP contribution in [0.25, 0.3) is 0 Å². The molecular weight excluding hydrogens is 282 g/mol. The van der Waals surface area contributed by atoms with E-state index in [4.69, 9.17) is 9.84 Å². The van der Waals surface area contributed by atoms with Crippen LogP contribution in [-0.4, -0.2) is 42.1 Å². The van der Waals surface area contributed by atoms with Gasteiger partial charge in [-0.05, 0) is 36.8 Å². The van der Waals surface area contributed by atoms with Crippen molar-refractivity contribution in [3.8, 4) is 5.75 Å². The normalized spacial score (nSPS) is 15.6. The first kappa shape index (κ1) is 16.3. The maximum atomic E-state index is 12.1. The highest BCUT2D eigenvalue weighted by atomic mass is 16.5. The fraction of sp³-hybridized carbons (Fsp3) is 0.529. The van der Waals surface area contributed by atoms with Gasteiger partial charge in [0.15, 0.2) is 0 Å². The summed E-state index contributed by atoms with van der Waals surface area (Å²) in [6.07, 6.45) is 2.64. The maximum Gasteiger partial charge on any atom is 0.303 e. The molecule has 1 N–H and O–H groups in total. The highest BCUT2D eigenvalue weighted by Gasteiger charge is 2.25. The van der Waals surface area contributed by atoms with Gasteiger partial charge in [-0.15, -0.1) is 0 Å². The van der Waals surface area contributed by atoms with Crippen molar-refractivity contribution in [3.63, 3.8) is 0 Å². The van der Waals surface area contributed by atoms with E-state index in [-0.39, 0.29) is 12.3 Å². The third-order valence-corrected chi connectivity index (χ3v) is 4.21. The molecule has 1 aliphatic rings. The first-order valence-electron chi connectivity index (χ1n) is 7.74. The second-order valence-corrected chi connectivity index (χ2v) is 5.64. The Kier molecular flexibility index (Phi) is 5.81. The van der Waals surface area contributed by atoms with Crippen molar-refractivity contribution in [2.45, 2.75) is 38.0 Å². The number of benzene rings is 1. The lowest BCUT2D eigenvalue weighted by Gasteiger charge is -2.32. The van der Waals surface area contributed by atoms with E-state index in [0.29, 0.717) is 18.8 Å². The highest BCUT2D eigenvalue weighted by Crippen LogP contribution is 2.34. The van der Waals surface area contributed by atoms with Crippen LogP contribution in [0.3, 0.4) is 0 Å². The number of carboxylic acids is 1. The average molecular weight is 305 g/mol. The summed E-state index contributed by atoms with van der Waals surface area (Å²) >= 11 is 0. The Balaban J connectivity index is 1.85. The van der Waals surface area contributed by atoms with Crippen LogP contribution < -0.4 is 4.74 Å². The summed E-state index contributed by atoms with van der Waals surface area (Å²) in [5.41, 5.74) is 1.21. The van der Waals surface area contributed by atoms with Crippen LogP contribution >= 0.6 is 0 Å². The van der Waals surface area contributed by atoms with E-state index in [2.05, 4.69) is 6.07 Å². The van der Waals surface area contributed by atoms with Crippen molar-refractivity contribution in [2.24, 2.45) is 0 Å². The lowest BCUT2D eigenvalue weighted by Crippen LogP contribution is -2.37. The predicted octanol–water partition coefficient (Wildman–Crippen LogP) is 2.66. The number of rotatable bonds is 6. The first-order valence-corrected chi connectivity index (χ1v) is 7.74. The topological polar surface area (TPSA) is 66.8 Å². The number of hydrogen-bond acceptors (Lipinski definition) is 3. The molecule has 1 amide bonds. The number of nitrogens with zero attached hydrogens (tertiary/aromatic N) is 1. The molecule has 0 saturated carbocycles. The largest absolute Gasteiger partial charge is 0.496 e. The molecule has 1 aliphatic heterocycles. The Labute approximate surface area is 130 Å². The van der Waals surface area contributed by atoms with Crippen LogP contribution in [-0.2, 0) is 9.59 Å². The molecule has 2 rings (SSSR count). The number of para-hydroxylation sites is 1. The molecule has 0 radical (unpaired) electrons. The molecule has 0 bridgehead atoms. The Morgan fingerprint density at radius 2 is 1.91 bits per heavy atom. The van der Waals surface area contributed by atoms with Crippen LogP contribution in [0, 0.1) is 0 Å². The third kappa shape index (κ3) is 4.23. The summed E-state index contributed by atoms with van der Waals surface area (Å²) in [7, 11) is 1.68. The Bertz CT molecular complexity index is 521. The molecule has 1 aromatic carbocycles. The molecule has 5 heteroatoms. The minimum absolute atomic E-state index is 0.0589. The number of hydrogen-bond donors (Lipinski definition) is 1. The molecule has 22 heavy (non-hydrogen) atoms. The van der Waals surface area contributed by atoms with E-state index >= 15 is 0 Å². The summed E-state index contributed by atoms with van der Waals surface area (Å²) in [6, 6.07) is 8.04. The second kappa shape index (κ2) is 7.82. The zero-order chi connectivity index (χ0) is 15.9. The minimum atomic E-state index is -0.845. The molecular formula is C17H23NO4. The fourth-order valence-electron chi connectivity index (χ4n) is 2.99. The summed E-state index contributed by atoms with van der Waals surface area (Å²) in [6.45, 7) is 1.46. The van der Waals surface area contributed by atoms with Gasteiger partial charge in [0.1, 0.15) is 5.75 Å². The average Bonchev–Trinajstić information content (AvgIpc) is 2.54.